The number of nitriles is 1. The second kappa shape index (κ2) is 6.85. The molecular weight excluding hydrogens is 286 g/mol. The van der Waals surface area contributed by atoms with E-state index in [0.717, 1.165) is 0 Å². The molecule has 1 amide bonds. The van der Waals surface area contributed by atoms with Gasteiger partial charge in [0.2, 0.25) is 0 Å². The van der Waals surface area contributed by atoms with E-state index in [1.165, 1.54) is 18.2 Å². The van der Waals surface area contributed by atoms with Crippen molar-refractivity contribution in [3.05, 3.63) is 64.2 Å². The van der Waals surface area contributed by atoms with Crippen molar-refractivity contribution in [2.75, 3.05) is 11.9 Å². The largest absolute Gasteiger partial charge is 0.484 e. The smallest absolute Gasteiger partial charge is 0.292 e. The Hall–Kier alpha value is -3.40. The average molecular weight is 297 g/mol. The molecule has 0 bridgehead atoms. The number of carbonyl (C=O) groups excluding carboxylic acids is 1. The summed E-state index contributed by atoms with van der Waals surface area (Å²) in [7, 11) is 0. The van der Waals surface area contributed by atoms with Crippen molar-refractivity contribution in [3.8, 4) is 11.8 Å². The molecule has 0 saturated heterocycles. The van der Waals surface area contributed by atoms with E-state index in [2.05, 4.69) is 5.32 Å². The lowest BCUT2D eigenvalue weighted by atomic mass is 10.2. The third-order valence-electron chi connectivity index (χ3n) is 2.73. The second-order valence-corrected chi connectivity index (χ2v) is 4.25. The molecule has 0 aliphatic carbocycles. The predicted molar refractivity (Wildman–Crippen MR) is 78.4 cm³/mol. The van der Waals surface area contributed by atoms with E-state index in [9.17, 15) is 14.9 Å². The lowest BCUT2D eigenvalue weighted by Crippen LogP contribution is -2.20. The molecule has 0 aliphatic rings. The van der Waals surface area contributed by atoms with Gasteiger partial charge in [0, 0.05) is 6.07 Å². The minimum Gasteiger partial charge on any atom is -0.484 e. The van der Waals surface area contributed by atoms with Gasteiger partial charge in [0.25, 0.3) is 11.6 Å². The van der Waals surface area contributed by atoms with E-state index in [0.29, 0.717) is 11.3 Å². The highest BCUT2D eigenvalue weighted by molar-refractivity contribution is 5.94. The molecule has 7 heteroatoms. The zero-order chi connectivity index (χ0) is 15.9. The number of para-hydroxylation sites is 2. The molecule has 2 aromatic carbocycles. The number of amides is 1. The SMILES string of the molecule is N#Cc1ccc(OCC(=O)Nc2ccccc2[N+](=O)[O-])cc1. The molecule has 0 aliphatic heterocycles. The summed E-state index contributed by atoms with van der Waals surface area (Å²) in [5.41, 5.74) is 0.409. The van der Waals surface area contributed by atoms with E-state index in [-0.39, 0.29) is 18.0 Å². The fourth-order valence-corrected chi connectivity index (χ4v) is 1.70. The Bertz CT molecular complexity index is 735. The summed E-state index contributed by atoms with van der Waals surface area (Å²) >= 11 is 0. The van der Waals surface area contributed by atoms with Crippen molar-refractivity contribution in [2.24, 2.45) is 0 Å². The highest BCUT2D eigenvalue weighted by Crippen LogP contribution is 2.23. The number of anilines is 1. The summed E-state index contributed by atoms with van der Waals surface area (Å²) in [6.45, 7) is -0.294. The molecular formula is C15H11N3O4. The van der Waals surface area contributed by atoms with Crippen LogP contribution in [0.1, 0.15) is 5.56 Å². The van der Waals surface area contributed by atoms with Gasteiger partial charge in [0.05, 0.1) is 16.6 Å². The Morgan fingerprint density at radius 1 is 1.23 bits per heavy atom. The topological polar surface area (TPSA) is 105 Å². The maximum atomic E-state index is 11.8. The van der Waals surface area contributed by atoms with E-state index in [1.54, 1.807) is 30.3 Å². The van der Waals surface area contributed by atoms with Gasteiger partial charge in [-0.05, 0) is 30.3 Å². The van der Waals surface area contributed by atoms with Crippen LogP contribution in [0, 0.1) is 21.4 Å². The van der Waals surface area contributed by atoms with Gasteiger partial charge in [0.1, 0.15) is 11.4 Å². The summed E-state index contributed by atoms with van der Waals surface area (Å²) < 4.78 is 5.25. The molecule has 1 N–H and O–H groups in total. The fraction of sp³-hybridized carbons (Fsp3) is 0.0667. The summed E-state index contributed by atoms with van der Waals surface area (Å²) in [5.74, 6) is -0.0876. The molecule has 22 heavy (non-hydrogen) atoms. The van der Waals surface area contributed by atoms with Crippen LogP contribution in [0.15, 0.2) is 48.5 Å². The molecule has 0 radical (unpaired) electrons. The zero-order valence-electron chi connectivity index (χ0n) is 11.4. The second-order valence-electron chi connectivity index (χ2n) is 4.25. The Morgan fingerprint density at radius 3 is 2.55 bits per heavy atom. The van der Waals surface area contributed by atoms with Gasteiger partial charge in [-0.1, -0.05) is 12.1 Å². The van der Waals surface area contributed by atoms with Crippen LogP contribution in [-0.2, 0) is 4.79 Å². The molecule has 0 unspecified atom stereocenters. The van der Waals surface area contributed by atoms with Gasteiger partial charge in [-0.15, -0.1) is 0 Å². The van der Waals surface area contributed by atoms with E-state index in [4.69, 9.17) is 10.00 Å². The number of nitro benzene ring substituents is 1. The molecule has 110 valence electrons. The zero-order valence-corrected chi connectivity index (χ0v) is 11.4. The first-order valence-corrected chi connectivity index (χ1v) is 6.26. The minimum absolute atomic E-state index is 0.112. The molecule has 0 aromatic heterocycles. The monoisotopic (exact) mass is 297 g/mol. The summed E-state index contributed by atoms with van der Waals surface area (Å²) in [4.78, 5) is 22.0. The Balaban J connectivity index is 1.96. The van der Waals surface area contributed by atoms with Crippen LogP contribution in [0.3, 0.4) is 0 Å². The molecule has 0 atom stereocenters. The van der Waals surface area contributed by atoms with Crippen LogP contribution in [0.25, 0.3) is 0 Å². The van der Waals surface area contributed by atoms with Gasteiger partial charge in [0.15, 0.2) is 6.61 Å². The van der Waals surface area contributed by atoms with Crippen molar-refractivity contribution >= 4 is 17.3 Å². The maximum Gasteiger partial charge on any atom is 0.292 e. The highest BCUT2D eigenvalue weighted by atomic mass is 16.6. The maximum absolute atomic E-state index is 11.8. The number of hydrogen-bond donors (Lipinski definition) is 1. The first-order valence-electron chi connectivity index (χ1n) is 6.26. The van der Waals surface area contributed by atoms with Crippen LogP contribution in [0.4, 0.5) is 11.4 Å². The van der Waals surface area contributed by atoms with Crippen molar-refractivity contribution in [2.45, 2.75) is 0 Å². The molecule has 0 saturated carbocycles. The molecule has 2 rings (SSSR count). The first-order chi connectivity index (χ1) is 10.6. The van der Waals surface area contributed by atoms with E-state index >= 15 is 0 Å². The normalized spacial score (nSPS) is 9.59. The number of nitrogens with zero attached hydrogens (tertiary/aromatic N) is 2. The Morgan fingerprint density at radius 2 is 1.91 bits per heavy atom. The Labute approximate surface area is 125 Å². The number of ether oxygens (including phenoxy) is 1. The fourth-order valence-electron chi connectivity index (χ4n) is 1.70. The van der Waals surface area contributed by atoms with Crippen LogP contribution in [-0.4, -0.2) is 17.4 Å². The van der Waals surface area contributed by atoms with Crippen molar-refractivity contribution in [1.82, 2.24) is 0 Å². The molecule has 0 heterocycles. The summed E-state index contributed by atoms with van der Waals surface area (Å²) in [5, 5.41) is 21.9. The average Bonchev–Trinajstić information content (AvgIpc) is 2.53. The van der Waals surface area contributed by atoms with E-state index in [1.807, 2.05) is 6.07 Å². The lowest BCUT2D eigenvalue weighted by molar-refractivity contribution is -0.383. The van der Waals surface area contributed by atoms with Gasteiger partial charge in [-0.3, -0.25) is 14.9 Å². The van der Waals surface area contributed by atoms with Gasteiger partial charge >= 0.3 is 0 Å². The highest BCUT2D eigenvalue weighted by Gasteiger charge is 2.14. The third-order valence-corrected chi connectivity index (χ3v) is 2.73. The van der Waals surface area contributed by atoms with Crippen LogP contribution >= 0.6 is 0 Å². The van der Waals surface area contributed by atoms with Gasteiger partial charge < -0.3 is 10.1 Å². The third kappa shape index (κ3) is 3.80. The van der Waals surface area contributed by atoms with Crippen molar-refractivity contribution in [1.29, 1.82) is 5.26 Å². The number of benzene rings is 2. The number of nitro groups is 1. The lowest BCUT2D eigenvalue weighted by Gasteiger charge is -2.07. The minimum atomic E-state index is -0.572. The Kier molecular flexibility index (Phi) is 4.67. The molecule has 7 nitrogen and oxygen atoms in total. The van der Waals surface area contributed by atoms with Crippen LogP contribution in [0.2, 0.25) is 0 Å². The van der Waals surface area contributed by atoms with Crippen LogP contribution in [0.5, 0.6) is 5.75 Å². The number of hydrogen-bond acceptors (Lipinski definition) is 5. The number of rotatable bonds is 5. The van der Waals surface area contributed by atoms with Gasteiger partial charge in [-0.2, -0.15) is 5.26 Å². The molecule has 0 fully saturated rings. The van der Waals surface area contributed by atoms with Crippen molar-refractivity contribution in [3.63, 3.8) is 0 Å². The number of carbonyl (C=O) groups is 1. The number of nitrogens with one attached hydrogen (secondary N) is 1. The van der Waals surface area contributed by atoms with Gasteiger partial charge in [-0.25, -0.2) is 0 Å². The predicted octanol–water partition coefficient (Wildman–Crippen LogP) is 2.48. The first kappa shape index (κ1) is 15.0. The van der Waals surface area contributed by atoms with E-state index < -0.39 is 10.8 Å². The van der Waals surface area contributed by atoms with Crippen LogP contribution < -0.4 is 10.1 Å². The standard InChI is InChI=1S/C15H11N3O4/c16-9-11-5-7-12(8-6-11)22-10-15(19)17-13-3-1-2-4-14(13)18(20)21/h1-8H,10H2,(H,17,19). The summed E-state index contributed by atoms with van der Waals surface area (Å²) in [6.07, 6.45) is 0. The molecule has 2 aromatic rings. The molecule has 0 spiro atoms. The summed E-state index contributed by atoms with van der Waals surface area (Å²) in [6, 6.07) is 14.1. The van der Waals surface area contributed by atoms with Crippen molar-refractivity contribution < 1.29 is 14.5 Å². The quantitative estimate of drug-likeness (QED) is 0.674.